The molecule has 0 aliphatic carbocycles. The van der Waals surface area contributed by atoms with Gasteiger partial charge in [-0.3, -0.25) is 0 Å². The Bertz CT molecular complexity index is 6.00. The van der Waals surface area contributed by atoms with E-state index in [1.54, 1.807) is 0 Å². The summed E-state index contributed by atoms with van der Waals surface area (Å²) in [6, 6.07) is 0. The van der Waals surface area contributed by atoms with Crippen molar-refractivity contribution < 1.29 is 35.0 Å². The Kier molecular flexibility index (Phi) is 253. The second-order valence-corrected chi connectivity index (χ2v) is 0. The number of rotatable bonds is 0. The molecule has 0 atom stereocenters. The van der Waals surface area contributed by atoms with Gasteiger partial charge in [0.1, 0.15) is 0 Å². The van der Waals surface area contributed by atoms with Gasteiger partial charge in [-0.2, -0.15) is 0 Å². The van der Waals surface area contributed by atoms with Crippen LogP contribution in [0.4, 0.5) is 0 Å². The fourth-order valence-corrected chi connectivity index (χ4v) is 0. The van der Waals surface area contributed by atoms with Crippen LogP contribution in [0.15, 0.2) is 0 Å². The van der Waals surface area contributed by atoms with E-state index < -0.39 is 0 Å². The van der Waals surface area contributed by atoms with Crippen molar-refractivity contribution in [2.75, 3.05) is 0 Å². The van der Waals surface area contributed by atoms with Crippen LogP contribution in [-0.2, 0) is 27.0 Å². The molecular formula is H2NaOS2-3. The molecule has 0 aromatic heterocycles. The van der Waals surface area contributed by atoms with Crippen LogP contribution in [-0.4, -0.2) is 5.48 Å². The summed E-state index contributed by atoms with van der Waals surface area (Å²) in [5.41, 5.74) is 0. The van der Waals surface area contributed by atoms with E-state index in [1.165, 1.54) is 0 Å². The second-order valence-electron chi connectivity index (χ2n) is 0. The van der Waals surface area contributed by atoms with Crippen LogP contribution in [0, 0.1) is 0 Å². The van der Waals surface area contributed by atoms with E-state index in [0.29, 0.717) is 0 Å². The Labute approximate surface area is 61.6 Å². The summed E-state index contributed by atoms with van der Waals surface area (Å²) in [6.07, 6.45) is 0. The molecule has 0 heterocycles. The maximum atomic E-state index is 0. The van der Waals surface area contributed by atoms with Crippen molar-refractivity contribution in [1.82, 2.24) is 0 Å². The minimum Gasteiger partial charge on any atom is -2.00 e. The Morgan fingerprint density at radius 1 is 0.750 bits per heavy atom. The number of hydrogen-bond donors (Lipinski definition) is 0. The van der Waals surface area contributed by atoms with Crippen LogP contribution in [0.5, 0.6) is 0 Å². The third-order valence-corrected chi connectivity index (χ3v) is 0. The SMILES string of the molecule is O.[Na+].[S-2].[S-2]. The molecular weight excluding hydrogens is 103 g/mol. The van der Waals surface area contributed by atoms with Crippen molar-refractivity contribution in [3.05, 3.63) is 0 Å². The molecule has 4 heteroatoms. The molecule has 0 bridgehead atoms. The Hall–Kier alpha value is 1.66. The fraction of sp³-hybridized carbons (Fsp3) is 0. The van der Waals surface area contributed by atoms with E-state index in [1.807, 2.05) is 0 Å². The van der Waals surface area contributed by atoms with E-state index in [-0.39, 0.29) is 62.0 Å². The van der Waals surface area contributed by atoms with Crippen molar-refractivity contribution in [3.8, 4) is 0 Å². The zero-order valence-corrected chi connectivity index (χ0v) is 5.95. The smallest absolute Gasteiger partial charge is 1.00 e. The molecule has 0 saturated carbocycles. The molecule has 0 unspecified atom stereocenters. The van der Waals surface area contributed by atoms with Gasteiger partial charge in [0.15, 0.2) is 0 Å². The predicted octanol–water partition coefficient (Wildman–Crippen LogP) is -3.83. The quantitative estimate of drug-likeness (QED) is 0.283. The van der Waals surface area contributed by atoms with Gasteiger partial charge < -0.3 is 32.5 Å². The predicted molar refractivity (Wildman–Crippen MR) is 18.3 cm³/mol. The molecule has 4 heavy (non-hydrogen) atoms. The summed E-state index contributed by atoms with van der Waals surface area (Å²) in [6.45, 7) is 0. The minimum atomic E-state index is 0. The molecule has 0 spiro atoms. The fourth-order valence-electron chi connectivity index (χ4n) is 0. The molecule has 0 fully saturated rings. The minimum absolute atomic E-state index is 0. The first-order valence-electron chi connectivity index (χ1n) is 0. The van der Waals surface area contributed by atoms with Crippen LogP contribution in [0.3, 0.4) is 0 Å². The van der Waals surface area contributed by atoms with Crippen molar-refractivity contribution in [2.24, 2.45) is 0 Å². The van der Waals surface area contributed by atoms with Gasteiger partial charge in [-0.15, -0.1) is 0 Å². The van der Waals surface area contributed by atoms with Gasteiger partial charge >= 0.3 is 29.6 Å². The van der Waals surface area contributed by atoms with Gasteiger partial charge in [0.2, 0.25) is 0 Å². The molecule has 1 nitrogen and oxygen atoms in total. The number of hydrogen-bond acceptors (Lipinski definition) is 0. The molecule has 0 aromatic rings. The van der Waals surface area contributed by atoms with Gasteiger partial charge in [0.25, 0.3) is 0 Å². The zero-order valence-electron chi connectivity index (χ0n) is 2.32. The van der Waals surface area contributed by atoms with Crippen molar-refractivity contribution in [1.29, 1.82) is 0 Å². The van der Waals surface area contributed by atoms with Gasteiger partial charge in [-0.1, -0.05) is 0 Å². The van der Waals surface area contributed by atoms with Crippen LogP contribution in [0.2, 0.25) is 0 Å². The third kappa shape index (κ3) is 9.40. The third-order valence-electron chi connectivity index (χ3n) is 0. The summed E-state index contributed by atoms with van der Waals surface area (Å²) in [7, 11) is 0. The summed E-state index contributed by atoms with van der Waals surface area (Å²) < 4.78 is 0. The van der Waals surface area contributed by atoms with Crippen LogP contribution < -0.4 is 29.6 Å². The van der Waals surface area contributed by atoms with Gasteiger partial charge in [-0.05, 0) is 0 Å². The Balaban J connectivity index is 0. The largest absolute Gasteiger partial charge is 2.00 e. The van der Waals surface area contributed by atoms with E-state index >= 15 is 0 Å². The Morgan fingerprint density at radius 2 is 0.750 bits per heavy atom. The van der Waals surface area contributed by atoms with Crippen LogP contribution in [0.25, 0.3) is 0 Å². The van der Waals surface area contributed by atoms with E-state index in [0.717, 1.165) is 0 Å². The molecule has 0 rings (SSSR count). The maximum absolute atomic E-state index is 0. The zero-order chi connectivity index (χ0) is 0. The summed E-state index contributed by atoms with van der Waals surface area (Å²) in [4.78, 5) is 0. The average Bonchev–Trinajstić information content (AvgIpc) is 0. The van der Waals surface area contributed by atoms with E-state index in [9.17, 15) is 0 Å². The first-order valence-corrected chi connectivity index (χ1v) is 0. The molecule has 0 radical (unpaired) electrons. The first kappa shape index (κ1) is 44.6. The molecule has 0 amide bonds. The Morgan fingerprint density at radius 3 is 0.750 bits per heavy atom. The van der Waals surface area contributed by atoms with Crippen LogP contribution >= 0.6 is 0 Å². The van der Waals surface area contributed by atoms with Gasteiger partial charge in [0, 0.05) is 0 Å². The van der Waals surface area contributed by atoms with Crippen LogP contribution in [0.1, 0.15) is 0 Å². The molecule has 0 saturated heterocycles. The molecule has 0 aliphatic heterocycles. The molecule has 2 N–H and O–H groups in total. The summed E-state index contributed by atoms with van der Waals surface area (Å²) in [5.74, 6) is 0. The average molecular weight is 105 g/mol. The van der Waals surface area contributed by atoms with Crippen molar-refractivity contribution >= 4 is 27.0 Å². The molecule has 0 aliphatic rings. The molecule has 0 aromatic carbocycles. The van der Waals surface area contributed by atoms with E-state index in [2.05, 4.69) is 0 Å². The normalized spacial score (nSPS) is 0. The van der Waals surface area contributed by atoms with E-state index in [4.69, 9.17) is 0 Å². The second kappa shape index (κ2) is 22.7. The van der Waals surface area contributed by atoms with Crippen molar-refractivity contribution in [2.45, 2.75) is 0 Å². The maximum Gasteiger partial charge on any atom is 1.00 e. The summed E-state index contributed by atoms with van der Waals surface area (Å²) >= 11 is 0. The summed E-state index contributed by atoms with van der Waals surface area (Å²) in [5, 5.41) is 0. The topological polar surface area (TPSA) is 31.5 Å². The van der Waals surface area contributed by atoms with Crippen molar-refractivity contribution in [3.63, 3.8) is 0 Å². The monoisotopic (exact) mass is 105 g/mol. The molecule has 24 valence electrons. The van der Waals surface area contributed by atoms with Gasteiger partial charge in [-0.25, -0.2) is 0 Å². The first-order chi connectivity index (χ1) is 0. The standard InChI is InChI=1S/Na.H2O.2S/h;1H2;;/q+1;;2*-2. The van der Waals surface area contributed by atoms with Gasteiger partial charge in [0.05, 0.1) is 0 Å².